The van der Waals surface area contributed by atoms with Gasteiger partial charge in [0.15, 0.2) is 9.84 Å². The molecule has 1 saturated heterocycles. The lowest BCUT2D eigenvalue weighted by Gasteiger charge is -2.10. The van der Waals surface area contributed by atoms with Gasteiger partial charge in [-0.1, -0.05) is 6.07 Å². The molecule has 1 heterocycles. The predicted molar refractivity (Wildman–Crippen MR) is 68.5 cm³/mol. The highest BCUT2D eigenvalue weighted by Crippen LogP contribution is 2.34. The van der Waals surface area contributed by atoms with Crippen molar-refractivity contribution in [3.05, 3.63) is 23.8 Å². The molecule has 3 nitrogen and oxygen atoms in total. The smallest absolute Gasteiger partial charge is 0.151 e. The van der Waals surface area contributed by atoms with Gasteiger partial charge >= 0.3 is 0 Å². The molecule has 1 aromatic carbocycles. The van der Waals surface area contributed by atoms with Crippen LogP contribution in [-0.4, -0.2) is 25.2 Å². The fourth-order valence-corrected chi connectivity index (χ4v) is 5.33. The Morgan fingerprint density at radius 2 is 2.19 bits per heavy atom. The number of aryl methyl sites for hydroxylation is 1. The predicted octanol–water partition coefficient (Wildman–Crippen LogP) is 1.86. The van der Waals surface area contributed by atoms with Crippen molar-refractivity contribution < 1.29 is 8.42 Å². The van der Waals surface area contributed by atoms with Gasteiger partial charge in [0.1, 0.15) is 0 Å². The molecule has 2 rings (SSSR count). The molecule has 0 spiro atoms. The molecule has 1 aliphatic rings. The molecule has 1 unspecified atom stereocenters. The van der Waals surface area contributed by atoms with Crippen LogP contribution in [0.2, 0.25) is 0 Å². The van der Waals surface area contributed by atoms with Crippen molar-refractivity contribution >= 4 is 27.3 Å². The van der Waals surface area contributed by atoms with E-state index in [1.54, 1.807) is 11.8 Å². The number of thioether (sulfide) groups is 1. The molecular weight excluding hydrogens is 242 g/mol. The summed E-state index contributed by atoms with van der Waals surface area (Å²) in [5, 5.41) is 0.162. The lowest BCUT2D eigenvalue weighted by Crippen LogP contribution is -2.06. The third-order valence-electron chi connectivity index (χ3n) is 2.65. The van der Waals surface area contributed by atoms with Gasteiger partial charge in [-0.05, 0) is 31.0 Å². The monoisotopic (exact) mass is 257 g/mol. The van der Waals surface area contributed by atoms with Gasteiger partial charge < -0.3 is 5.73 Å². The first kappa shape index (κ1) is 11.8. The zero-order chi connectivity index (χ0) is 11.8. The van der Waals surface area contributed by atoms with E-state index < -0.39 is 9.84 Å². The number of sulfone groups is 1. The molecule has 0 saturated carbocycles. The van der Waals surface area contributed by atoms with Crippen molar-refractivity contribution in [3.63, 3.8) is 0 Å². The zero-order valence-electron chi connectivity index (χ0n) is 9.14. The minimum absolute atomic E-state index is 0.162. The molecule has 5 heteroatoms. The zero-order valence-corrected chi connectivity index (χ0v) is 10.8. The van der Waals surface area contributed by atoms with Gasteiger partial charge in [0.2, 0.25) is 0 Å². The first-order valence-electron chi connectivity index (χ1n) is 5.19. The maximum Gasteiger partial charge on any atom is 0.151 e. The average Bonchev–Trinajstić information content (AvgIpc) is 2.51. The molecule has 1 fully saturated rings. The molecule has 0 amide bonds. The van der Waals surface area contributed by atoms with Crippen molar-refractivity contribution in [1.82, 2.24) is 0 Å². The lowest BCUT2D eigenvalue weighted by molar-refractivity contribution is 0.602. The Morgan fingerprint density at radius 3 is 2.75 bits per heavy atom. The second kappa shape index (κ2) is 4.30. The quantitative estimate of drug-likeness (QED) is 0.822. The average molecular weight is 257 g/mol. The van der Waals surface area contributed by atoms with E-state index in [1.165, 1.54) is 0 Å². The third-order valence-corrected chi connectivity index (χ3v) is 5.99. The van der Waals surface area contributed by atoms with Crippen molar-refractivity contribution in [2.75, 3.05) is 17.2 Å². The summed E-state index contributed by atoms with van der Waals surface area (Å²) in [6.07, 6.45) is 0.736. The summed E-state index contributed by atoms with van der Waals surface area (Å²) in [5.74, 6) is 0.599. The van der Waals surface area contributed by atoms with Crippen molar-refractivity contribution in [1.29, 1.82) is 0 Å². The molecule has 0 aliphatic carbocycles. The van der Waals surface area contributed by atoms with Crippen LogP contribution in [0.15, 0.2) is 23.1 Å². The van der Waals surface area contributed by atoms with Gasteiger partial charge in [0, 0.05) is 15.8 Å². The highest BCUT2D eigenvalue weighted by molar-refractivity contribution is 8.02. The van der Waals surface area contributed by atoms with E-state index in [2.05, 4.69) is 0 Å². The summed E-state index contributed by atoms with van der Waals surface area (Å²) < 4.78 is 22.7. The van der Waals surface area contributed by atoms with E-state index in [-0.39, 0.29) is 11.0 Å². The summed E-state index contributed by atoms with van der Waals surface area (Å²) >= 11 is 1.58. The Balaban J connectivity index is 2.11. The number of hydrogen-bond acceptors (Lipinski definition) is 4. The highest BCUT2D eigenvalue weighted by Gasteiger charge is 2.28. The van der Waals surface area contributed by atoms with E-state index >= 15 is 0 Å². The van der Waals surface area contributed by atoms with E-state index in [9.17, 15) is 8.42 Å². The van der Waals surface area contributed by atoms with Crippen LogP contribution in [0.4, 0.5) is 5.69 Å². The minimum atomic E-state index is -2.80. The Labute approximate surface area is 100 Å². The largest absolute Gasteiger partial charge is 0.398 e. The van der Waals surface area contributed by atoms with Gasteiger partial charge in [-0.3, -0.25) is 0 Å². The number of benzene rings is 1. The maximum atomic E-state index is 11.3. The summed E-state index contributed by atoms with van der Waals surface area (Å²) in [7, 11) is -2.80. The van der Waals surface area contributed by atoms with Crippen molar-refractivity contribution in [3.8, 4) is 0 Å². The summed E-state index contributed by atoms with van der Waals surface area (Å²) in [4.78, 5) is 0.993. The topological polar surface area (TPSA) is 60.2 Å². The van der Waals surface area contributed by atoms with Crippen molar-refractivity contribution in [2.45, 2.75) is 23.5 Å². The number of nitrogens with two attached hydrogens (primary N) is 1. The van der Waals surface area contributed by atoms with Crippen LogP contribution in [0.3, 0.4) is 0 Å². The number of hydrogen-bond donors (Lipinski definition) is 1. The summed E-state index contributed by atoms with van der Waals surface area (Å²) in [5.41, 5.74) is 7.77. The summed E-state index contributed by atoms with van der Waals surface area (Å²) in [6.45, 7) is 1.99. The highest BCUT2D eigenvalue weighted by atomic mass is 32.2. The molecule has 1 aliphatic heterocycles. The Kier molecular flexibility index (Phi) is 3.17. The first-order valence-corrected chi connectivity index (χ1v) is 7.89. The number of anilines is 1. The molecule has 0 bridgehead atoms. The van der Waals surface area contributed by atoms with Gasteiger partial charge in [-0.15, -0.1) is 11.8 Å². The van der Waals surface area contributed by atoms with Crippen LogP contribution >= 0.6 is 11.8 Å². The van der Waals surface area contributed by atoms with E-state index in [0.717, 1.165) is 22.6 Å². The standard InChI is InChI=1S/C11H15NO2S2/c1-8-2-3-11(10(12)6-8)15-9-4-5-16(13,14)7-9/h2-3,6,9H,4-5,7,12H2,1H3. The second-order valence-corrected chi connectivity index (χ2v) is 7.76. The van der Waals surface area contributed by atoms with Gasteiger partial charge in [-0.25, -0.2) is 8.42 Å². The molecule has 16 heavy (non-hydrogen) atoms. The van der Waals surface area contributed by atoms with Crippen molar-refractivity contribution in [2.24, 2.45) is 0 Å². The SMILES string of the molecule is Cc1ccc(SC2CCS(=O)(=O)C2)c(N)c1. The Bertz CT molecular complexity index is 497. The third kappa shape index (κ3) is 2.71. The van der Waals surface area contributed by atoms with E-state index in [0.29, 0.717) is 5.75 Å². The Morgan fingerprint density at radius 1 is 1.44 bits per heavy atom. The normalized spacial score (nSPS) is 23.4. The molecule has 88 valence electrons. The maximum absolute atomic E-state index is 11.3. The van der Waals surface area contributed by atoms with Gasteiger partial charge in [-0.2, -0.15) is 0 Å². The van der Waals surface area contributed by atoms with Gasteiger partial charge in [0.05, 0.1) is 11.5 Å². The fourth-order valence-electron chi connectivity index (χ4n) is 1.81. The van der Waals surface area contributed by atoms with Crippen LogP contribution in [0, 0.1) is 6.92 Å². The van der Waals surface area contributed by atoms with Crippen LogP contribution in [0.5, 0.6) is 0 Å². The molecule has 0 aromatic heterocycles. The fraction of sp³-hybridized carbons (Fsp3) is 0.455. The van der Waals surface area contributed by atoms with Crippen LogP contribution in [-0.2, 0) is 9.84 Å². The van der Waals surface area contributed by atoms with Crippen LogP contribution in [0.25, 0.3) is 0 Å². The summed E-state index contributed by atoms with van der Waals surface area (Å²) in [6, 6.07) is 5.90. The lowest BCUT2D eigenvalue weighted by atomic mass is 10.2. The van der Waals surface area contributed by atoms with Crippen LogP contribution in [0.1, 0.15) is 12.0 Å². The van der Waals surface area contributed by atoms with Gasteiger partial charge in [0.25, 0.3) is 0 Å². The minimum Gasteiger partial charge on any atom is -0.398 e. The second-order valence-electron chi connectivity index (χ2n) is 4.18. The molecule has 1 atom stereocenters. The van der Waals surface area contributed by atoms with E-state index in [4.69, 9.17) is 5.73 Å². The first-order chi connectivity index (χ1) is 7.46. The van der Waals surface area contributed by atoms with Crippen LogP contribution < -0.4 is 5.73 Å². The molecule has 0 radical (unpaired) electrons. The Hall–Kier alpha value is -0.680. The number of rotatable bonds is 2. The number of nitrogen functional groups attached to an aromatic ring is 1. The molecule has 2 N–H and O–H groups in total. The molecular formula is C11H15NO2S2. The van der Waals surface area contributed by atoms with E-state index in [1.807, 2.05) is 25.1 Å². The molecule has 1 aromatic rings.